The molecule has 0 atom stereocenters. The second kappa shape index (κ2) is 5.59. The first-order valence-corrected chi connectivity index (χ1v) is 7.48. The van der Waals surface area contributed by atoms with Gasteiger partial charge in [0, 0.05) is 18.8 Å². The van der Waals surface area contributed by atoms with Gasteiger partial charge in [-0.25, -0.2) is 4.98 Å². The lowest BCUT2D eigenvalue weighted by molar-refractivity contribution is 1.10. The molecule has 2 heterocycles. The summed E-state index contributed by atoms with van der Waals surface area (Å²) in [6.45, 7) is 1.89. The molecule has 9 heteroatoms. The fourth-order valence-electron chi connectivity index (χ4n) is 1.87. The highest BCUT2D eigenvalue weighted by Crippen LogP contribution is 2.48. The number of aromatic nitrogens is 2. The first-order valence-electron chi connectivity index (χ1n) is 5.99. The predicted molar refractivity (Wildman–Crippen MR) is 87.6 cm³/mol. The Kier molecular flexibility index (Phi) is 3.79. The van der Waals surface area contributed by atoms with Crippen LogP contribution < -0.4 is 10.6 Å². The van der Waals surface area contributed by atoms with E-state index in [0.717, 1.165) is 17.0 Å². The van der Waals surface area contributed by atoms with Crippen molar-refractivity contribution in [3.05, 3.63) is 27.9 Å². The molecule has 3 rings (SSSR count). The summed E-state index contributed by atoms with van der Waals surface area (Å²) in [5.41, 5.74) is 2.70. The number of nitrogens with one attached hydrogen (secondary N) is 2. The number of hydrogen-bond acceptors (Lipinski definition) is 6. The molecule has 0 fully saturated rings. The molecule has 1 aliphatic heterocycles. The van der Waals surface area contributed by atoms with Crippen LogP contribution in [-0.2, 0) is 11.4 Å². The molecule has 0 aliphatic carbocycles. The third-order valence-electron chi connectivity index (χ3n) is 2.77. The molecular weight excluding hydrogens is 331 g/mol. The van der Waals surface area contributed by atoms with Gasteiger partial charge in [0.2, 0.25) is 5.95 Å². The van der Waals surface area contributed by atoms with Crippen molar-refractivity contribution in [1.82, 2.24) is 9.97 Å². The van der Waals surface area contributed by atoms with Crippen LogP contribution in [0.3, 0.4) is 0 Å². The first-order chi connectivity index (χ1) is 10.1. The van der Waals surface area contributed by atoms with Crippen LogP contribution in [-0.4, -0.2) is 17.0 Å². The molecule has 0 amide bonds. The quantitative estimate of drug-likeness (QED) is 0.730. The Morgan fingerprint density at radius 3 is 2.57 bits per heavy atom. The van der Waals surface area contributed by atoms with E-state index in [9.17, 15) is 0 Å². The summed E-state index contributed by atoms with van der Waals surface area (Å²) in [6.07, 6.45) is 0. The number of anilines is 3. The van der Waals surface area contributed by atoms with Gasteiger partial charge in [-0.15, -0.1) is 0 Å². The van der Waals surface area contributed by atoms with E-state index in [1.165, 1.54) is 0 Å². The molecule has 0 bridgehead atoms. The zero-order valence-electron chi connectivity index (χ0n) is 11.1. The second-order valence-corrected chi connectivity index (χ2v) is 5.61. The number of rotatable bonds is 3. The van der Waals surface area contributed by atoms with Gasteiger partial charge in [0.05, 0.1) is 27.1 Å². The minimum atomic E-state index is 0.461. The largest absolute Gasteiger partial charge is 0.357 e. The SMILES string of the molecule is CNc1nc(C)cc(Nc2c(Cl)cc(Cl)c3c2N=S=N3)n1. The summed E-state index contributed by atoms with van der Waals surface area (Å²) >= 11 is 13.5. The highest BCUT2D eigenvalue weighted by Gasteiger charge is 2.19. The van der Waals surface area contributed by atoms with Crippen LogP contribution in [0.25, 0.3) is 0 Å². The Bertz CT molecular complexity index is 801. The lowest BCUT2D eigenvalue weighted by atomic mass is 10.2. The van der Waals surface area contributed by atoms with E-state index in [1.807, 2.05) is 13.0 Å². The van der Waals surface area contributed by atoms with Gasteiger partial charge in [-0.1, -0.05) is 23.2 Å². The molecule has 0 radical (unpaired) electrons. The summed E-state index contributed by atoms with van der Waals surface area (Å²) in [7, 11) is 1.76. The Morgan fingerprint density at radius 2 is 1.81 bits per heavy atom. The van der Waals surface area contributed by atoms with Crippen molar-refractivity contribution in [2.24, 2.45) is 8.73 Å². The lowest BCUT2D eigenvalue weighted by Crippen LogP contribution is -2.02. The number of benzene rings is 1. The van der Waals surface area contributed by atoms with Gasteiger partial charge >= 0.3 is 0 Å². The van der Waals surface area contributed by atoms with Crippen LogP contribution in [0, 0.1) is 6.92 Å². The average Bonchev–Trinajstić information content (AvgIpc) is 2.92. The van der Waals surface area contributed by atoms with Gasteiger partial charge in [-0.3, -0.25) is 0 Å². The summed E-state index contributed by atoms with van der Waals surface area (Å²) in [5.74, 6) is 1.14. The van der Waals surface area contributed by atoms with Crippen molar-refractivity contribution < 1.29 is 0 Å². The van der Waals surface area contributed by atoms with Gasteiger partial charge in [0.1, 0.15) is 17.2 Å². The van der Waals surface area contributed by atoms with E-state index >= 15 is 0 Å². The normalized spacial score (nSPS) is 12.0. The van der Waals surface area contributed by atoms with E-state index in [4.69, 9.17) is 23.2 Å². The van der Waals surface area contributed by atoms with Gasteiger partial charge in [-0.05, 0) is 13.0 Å². The zero-order valence-corrected chi connectivity index (χ0v) is 13.4. The monoisotopic (exact) mass is 340 g/mol. The molecule has 0 unspecified atom stereocenters. The molecule has 6 nitrogen and oxygen atoms in total. The van der Waals surface area contributed by atoms with Gasteiger partial charge in [0.25, 0.3) is 0 Å². The summed E-state index contributed by atoms with van der Waals surface area (Å²) in [5, 5.41) is 7.01. The van der Waals surface area contributed by atoms with Crippen LogP contribution in [0.4, 0.5) is 28.8 Å². The fourth-order valence-corrected chi connectivity index (χ4v) is 3.02. The van der Waals surface area contributed by atoms with Gasteiger partial charge in [0.15, 0.2) is 0 Å². The molecule has 21 heavy (non-hydrogen) atoms. The third-order valence-corrected chi connectivity index (χ3v) is 3.89. The van der Waals surface area contributed by atoms with Crippen LogP contribution >= 0.6 is 23.2 Å². The Hall–Kier alpha value is -1.70. The topological polar surface area (TPSA) is 74.6 Å². The molecule has 2 N–H and O–H groups in total. The van der Waals surface area contributed by atoms with Gasteiger partial charge in [-0.2, -0.15) is 13.7 Å². The lowest BCUT2D eigenvalue weighted by Gasteiger charge is -2.12. The minimum Gasteiger partial charge on any atom is -0.357 e. The van der Waals surface area contributed by atoms with E-state index in [0.29, 0.717) is 38.9 Å². The van der Waals surface area contributed by atoms with Crippen LogP contribution in [0.2, 0.25) is 10.0 Å². The maximum atomic E-state index is 6.26. The van der Waals surface area contributed by atoms with Crippen molar-refractivity contribution in [3.63, 3.8) is 0 Å². The summed E-state index contributed by atoms with van der Waals surface area (Å²) in [4.78, 5) is 8.57. The Balaban J connectivity index is 2.06. The van der Waals surface area contributed by atoms with E-state index in [1.54, 1.807) is 13.1 Å². The molecule has 1 aliphatic rings. The molecular formula is C12H10Cl2N6S. The maximum Gasteiger partial charge on any atom is 0.224 e. The first kappa shape index (κ1) is 14.2. The summed E-state index contributed by atoms with van der Waals surface area (Å²) < 4.78 is 8.41. The van der Waals surface area contributed by atoms with E-state index in [-0.39, 0.29) is 0 Å². The maximum absolute atomic E-state index is 6.26. The van der Waals surface area contributed by atoms with Crippen molar-refractivity contribution in [2.45, 2.75) is 6.92 Å². The van der Waals surface area contributed by atoms with Crippen molar-refractivity contribution in [1.29, 1.82) is 0 Å². The van der Waals surface area contributed by atoms with Crippen molar-refractivity contribution >= 4 is 63.4 Å². The zero-order chi connectivity index (χ0) is 15.0. The number of fused-ring (bicyclic) bond motifs is 1. The fraction of sp³-hybridized carbons (Fsp3) is 0.167. The molecule has 0 saturated heterocycles. The van der Waals surface area contributed by atoms with E-state index < -0.39 is 0 Å². The summed E-state index contributed by atoms with van der Waals surface area (Å²) in [6, 6.07) is 3.46. The van der Waals surface area contributed by atoms with Crippen LogP contribution in [0.15, 0.2) is 20.9 Å². The number of halogens is 2. The van der Waals surface area contributed by atoms with Crippen molar-refractivity contribution in [2.75, 3.05) is 17.7 Å². The predicted octanol–water partition coefficient (Wildman–Crippen LogP) is 4.60. The molecule has 0 spiro atoms. The molecule has 0 saturated carbocycles. The molecule has 1 aromatic carbocycles. The van der Waals surface area contributed by atoms with Crippen molar-refractivity contribution in [3.8, 4) is 0 Å². The van der Waals surface area contributed by atoms with Gasteiger partial charge < -0.3 is 10.6 Å². The smallest absolute Gasteiger partial charge is 0.224 e. The van der Waals surface area contributed by atoms with Crippen LogP contribution in [0.5, 0.6) is 0 Å². The second-order valence-electron chi connectivity index (χ2n) is 4.27. The highest BCUT2D eigenvalue weighted by molar-refractivity contribution is 7.58. The van der Waals surface area contributed by atoms with Crippen LogP contribution in [0.1, 0.15) is 5.69 Å². The molecule has 2 aromatic rings. The number of hydrogen-bond donors (Lipinski definition) is 2. The third kappa shape index (κ3) is 2.72. The Labute approximate surface area is 134 Å². The van der Waals surface area contributed by atoms with E-state index in [2.05, 4.69) is 29.3 Å². The standard InChI is InChI=1S/C12H10Cl2N6S/c1-5-3-8(18-12(15-2)16-5)17-9-6(13)4-7(14)10-11(9)20-21-19-10/h3-4H,1-2H3,(H2,15,16,17,18). The minimum absolute atomic E-state index is 0.461. The molecule has 108 valence electrons. The highest BCUT2D eigenvalue weighted by atomic mass is 35.5. The Morgan fingerprint density at radius 1 is 1.05 bits per heavy atom. The number of nitrogens with zero attached hydrogens (tertiary/aromatic N) is 4. The number of aryl methyl sites for hydroxylation is 1. The average molecular weight is 341 g/mol. The molecule has 1 aromatic heterocycles.